The smallest absolute Gasteiger partial charge is 0.306 e. The van der Waals surface area contributed by atoms with Gasteiger partial charge in [-0.05, 0) is 109 Å². The minimum atomic E-state index is -0.833. The number of carbonyl (C=O) groups excluding carboxylic acids is 3. The molecule has 0 rings (SSSR count). The van der Waals surface area contributed by atoms with E-state index < -0.39 is 12.1 Å². The quantitative estimate of drug-likeness (QED) is 0.0199. The van der Waals surface area contributed by atoms with Gasteiger partial charge in [0.05, 0.1) is 0 Å². The summed E-state index contributed by atoms with van der Waals surface area (Å²) in [5, 5.41) is 0. The maximum atomic E-state index is 12.8. The largest absolute Gasteiger partial charge is 0.462 e. The molecule has 0 saturated heterocycles. The summed E-state index contributed by atoms with van der Waals surface area (Å²) in [6.45, 7) is 6.31. The molecule has 68 heavy (non-hydrogen) atoms. The molecule has 6 nitrogen and oxygen atoms in total. The number of rotatable bonds is 48. The predicted octanol–water partition coefficient (Wildman–Crippen LogP) is 18.5. The van der Waals surface area contributed by atoms with Gasteiger partial charge >= 0.3 is 17.9 Å². The van der Waals surface area contributed by atoms with Gasteiger partial charge in [0.2, 0.25) is 0 Å². The van der Waals surface area contributed by atoms with Crippen LogP contribution in [0.4, 0.5) is 0 Å². The molecular weight excluding hydrogens is 841 g/mol. The lowest BCUT2D eigenvalue weighted by Gasteiger charge is -2.18. The Kier molecular flexibility index (Phi) is 52.0. The molecule has 0 N–H and O–H groups in total. The summed E-state index contributed by atoms with van der Waals surface area (Å²) in [6.07, 6.45) is 76.2. The molecule has 0 aliphatic carbocycles. The van der Waals surface area contributed by atoms with Crippen LogP contribution in [0.15, 0.2) is 122 Å². The van der Waals surface area contributed by atoms with E-state index in [1.807, 2.05) is 12.2 Å². The Balaban J connectivity index is 4.55. The lowest BCUT2D eigenvalue weighted by molar-refractivity contribution is -0.166. The van der Waals surface area contributed by atoms with Crippen molar-refractivity contribution < 1.29 is 28.6 Å². The van der Waals surface area contributed by atoms with Gasteiger partial charge in [-0.1, -0.05) is 226 Å². The first kappa shape index (κ1) is 63.8. The van der Waals surface area contributed by atoms with Crippen molar-refractivity contribution in [3.05, 3.63) is 122 Å². The summed E-state index contributed by atoms with van der Waals surface area (Å²) in [5.74, 6) is -1.04. The Labute approximate surface area is 418 Å². The Morgan fingerprint density at radius 3 is 1.04 bits per heavy atom. The highest BCUT2D eigenvalue weighted by atomic mass is 16.6. The molecular formula is C62H100O6. The average molecular weight is 941 g/mol. The van der Waals surface area contributed by atoms with E-state index in [1.165, 1.54) is 64.2 Å². The zero-order valence-corrected chi connectivity index (χ0v) is 43.8. The Hall–Kier alpha value is -4.19. The molecule has 0 bridgehead atoms. The van der Waals surface area contributed by atoms with Gasteiger partial charge in [0.15, 0.2) is 6.10 Å². The van der Waals surface area contributed by atoms with Crippen LogP contribution in [0.1, 0.15) is 233 Å². The molecule has 0 aliphatic heterocycles. The lowest BCUT2D eigenvalue weighted by atomic mass is 10.1. The molecule has 384 valence electrons. The van der Waals surface area contributed by atoms with Crippen LogP contribution < -0.4 is 0 Å². The minimum Gasteiger partial charge on any atom is -0.462 e. The van der Waals surface area contributed by atoms with Crippen LogP contribution in [0.5, 0.6) is 0 Å². The normalized spacial score (nSPS) is 13.0. The fourth-order valence-corrected chi connectivity index (χ4v) is 7.14. The maximum absolute atomic E-state index is 12.8. The molecule has 0 fully saturated rings. The highest BCUT2D eigenvalue weighted by Gasteiger charge is 2.19. The van der Waals surface area contributed by atoms with Crippen molar-refractivity contribution >= 4 is 17.9 Å². The van der Waals surface area contributed by atoms with E-state index >= 15 is 0 Å². The van der Waals surface area contributed by atoms with Crippen molar-refractivity contribution in [2.24, 2.45) is 0 Å². The van der Waals surface area contributed by atoms with Gasteiger partial charge < -0.3 is 14.2 Å². The second-order valence-electron chi connectivity index (χ2n) is 17.8. The van der Waals surface area contributed by atoms with Crippen molar-refractivity contribution in [1.29, 1.82) is 0 Å². The van der Waals surface area contributed by atoms with E-state index in [0.29, 0.717) is 19.3 Å². The third-order valence-electron chi connectivity index (χ3n) is 11.2. The highest BCUT2D eigenvalue weighted by Crippen LogP contribution is 2.13. The molecule has 0 aromatic heterocycles. The maximum Gasteiger partial charge on any atom is 0.306 e. The number of unbranched alkanes of at least 4 members (excludes halogenated alkanes) is 18. The summed E-state index contributed by atoms with van der Waals surface area (Å²) in [5.41, 5.74) is 0. The molecule has 1 atom stereocenters. The minimum absolute atomic E-state index is 0.123. The van der Waals surface area contributed by atoms with Gasteiger partial charge in [0.25, 0.3) is 0 Å². The Morgan fingerprint density at radius 1 is 0.324 bits per heavy atom. The summed E-state index contributed by atoms with van der Waals surface area (Å²) in [4.78, 5) is 38.1. The van der Waals surface area contributed by atoms with E-state index in [9.17, 15) is 14.4 Å². The van der Waals surface area contributed by atoms with Gasteiger partial charge in [0, 0.05) is 19.3 Å². The molecule has 0 aromatic rings. The zero-order valence-electron chi connectivity index (χ0n) is 43.8. The SMILES string of the molecule is CC/C=C\C/C=C\C/C=C\C/C=C\C/C=C\CCC(=O)OC(COC(=O)CCCCCCC/C=C\C=C/CCCCCCCCC)COC(=O)CCCCCCCC/C=C\C/C=C\C/C=C\CC. The third-order valence-corrected chi connectivity index (χ3v) is 11.2. The van der Waals surface area contributed by atoms with Crippen LogP contribution in [-0.4, -0.2) is 37.2 Å². The first-order chi connectivity index (χ1) is 33.5. The van der Waals surface area contributed by atoms with Crippen LogP contribution >= 0.6 is 0 Å². The van der Waals surface area contributed by atoms with E-state index in [2.05, 4.69) is 130 Å². The average Bonchev–Trinajstić information content (AvgIpc) is 3.34. The fourth-order valence-electron chi connectivity index (χ4n) is 7.14. The van der Waals surface area contributed by atoms with Crippen LogP contribution in [0.2, 0.25) is 0 Å². The van der Waals surface area contributed by atoms with Crippen LogP contribution in [0.3, 0.4) is 0 Å². The molecule has 0 radical (unpaired) electrons. The van der Waals surface area contributed by atoms with Gasteiger partial charge in [-0.25, -0.2) is 0 Å². The molecule has 0 aliphatic rings. The van der Waals surface area contributed by atoms with Gasteiger partial charge in [0.1, 0.15) is 13.2 Å². The lowest BCUT2D eigenvalue weighted by Crippen LogP contribution is -2.30. The van der Waals surface area contributed by atoms with Crippen molar-refractivity contribution in [3.8, 4) is 0 Å². The first-order valence-corrected chi connectivity index (χ1v) is 27.6. The summed E-state index contributed by atoms with van der Waals surface area (Å²) < 4.78 is 16.7. The zero-order chi connectivity index (χ0) is 49.3. The number of hydrogen-bond acceptors (Lipinski definition) is 6. The topological polar surface area (TPSA) is 78.9 Å². The van der Waals surface area contributed by atoms with E-state index in [-0.39, 0.29) is 31.6 Å². The number of carbonyl (C=O) groups is 3. The van der Waals surface area contributed by atoms with Crippen molar-refractivity contribution in [2.45, 2.75) is 239 Å². The highest BCUT2D eigenvalue weighted by molar-refractivity contribution is 5.71. The second-order valence-corrected chi connectivity index (χ2v) is 17.8. The van der Waals surface area contributed by atoms with Crippen molar-refractivity contribution in [3.63, 3.8) is 0 Å². The number of allylic oxidation sites excluding steroid dienone is 20. The third kappa shape index (κ3) is 52.8. The molecule has 1 unspecified atom stereocenters. The summed E-state index contributed by atoms with van der Waals surface area (Å²) in [6, 6.07) is 0. The standard InChI is InChI=1S/C62H100O6/c1-4-7-10-13-16-19-22-25-28-31-32-35-37-40-43-46-49-52-55-61(64)67-58-59(68-62(65)56-53-50-47-44-41-38-34-30-27-24-21-18-15-12-9-6-3)57-66-60(63)54-51-48-45-42-39-36-33-29-26-23-20-17-14-11-8-5-2/h8-9,11-12,17-18,20-21,26-32,35,38,41,47,50,59H,4-7,10,13-16,19,22-25,33-34,36-37,39-40,42-46,48-49,51-58H2,1-3H3/b11-8-,12-9-,20-17-,21-18-,29-26-,30-27-,31-28-,35-32-,41-38-,50-47-. The molecule has 0 amide bonds. The number of ether oxygens (including phenoxy) is 3. The second kappa shape index (κ2) is 55.4. The molecule has 6 heteroatoms. The first-order valence-electron chi connectivity index (χ1n) is 27.6. The predicted molar refractivity (Wildman–Crippen MR) is 293 cm³/mol. The number of hydrogen-bond donors (Lipinski definition) is 0. The number of esters is 3. The Bertz CT molecular complexity index is 1450. The molecule has 0 aromatic carbocycles. The summed E-state index contributed by atoms with van der Waals surface area (Å²) in [7, 11) is 0. The van der Waals surface area contributed by atoms with Crippen LogP contribution in [-0.2, 0) is 28.6 Å². The van der Waals surface area contributed by atoms with E-state index in [1.54, 1.807) is 0 Å². The fraction of sp³-hybridized carbons (Fsp3) is 0.629. The molecule has 0 spiro atoms. The van der Waals surface area contributed by atoms with Crippen LogP contribution in [0.25, 0.3) is 0 Å². The van der Waals surface area contributed by atoms with Gasteiger partial charge in [-0.3, -0.25) is 14.4 Å². The van der Waals surface area contributed by atoms with Crippen molar-refractivity contribution in [1.82, 2.24) is 0 Å². The van der Waals surface area contributed by atoms with Gasteiger partial charge in [-0.15, -0.1) is 0 Å². The monoisotopic (exact) mass is 941 g/mol. The van der Waals surface area contributed by atoms with Crippen LogP contribution in [0, 0.1) is 0 Å². The van der Waals surface area contributed by atoms with E-state index in [0.717, 1.165) is 122 Å². The Morgan fingerprint density at radius 2 is 0.647 bits per heavy atom. The molecule has 0 heterocycles. The van der Waals surface area contributed by atoms with E-state index in [4.69, 9.17) is 14.2 Å². The van der Waals surface area contributed by atoms with Gasteiger partial charge in [-0.2, -0.15) is 0 Å². The van der Waals surface area contributed by atoms with Crippen molar-refractivity contribution in [2.75, 3.05) is 13.2 Å². The summed E-state index contributed by atoms with van der Waals surface area (Å²) >= 11 is 0. The molecule has 0 saturated carbocycles.